The second-order valence-corrected chi connectivity index (χ2v) is 6.60. The highest BCUT2D eigenvalue weighted by molar-refractivity contribution is 5.96. The highest BCUT2D eigenvalue weighted by atomic mass is 16.1. The van der Waals surface area contributed by atoms with Crippen molar-refractivity contribution >= 4 is 23.0 Å². The summed E-state index contributed by atoms with van der Waals surface area (Å²) in [7, 11) is 2.11. The normalized spacial score (nSPS) is 15.9. The molecule has 2 aromatic carbocycles. The van der Waals surface area contributed by atoms with Crippen molar-refractivity contribution < 1.29 is 4.79 Å². The van der Waals surface area contributed by atoms with Crippen LogP contribution in [0.1, 0.15) is 18.4 Å². The molecule has 1 heterocycles. The molecule has 3 rings (SSSR count). The first-order chi connectivity index (χ1) is 11.6. The number of piperidine rings is 1. The lowest BCUT2D eigenvalue weighted by molar-refractivity contribution is -0.121. The molecule has 2 N–H and O–H groups in total. The summed E-state index contributed by atoms with van der Waals surface area (Å²) in [5, 5.41) is 6.50. The fraction of sp³-hybridized carbons (Fsp3) is 0.350. The molecule has 1 aliphatic heterocycles. The van der Waals surface area contributed by atoms with Gasteiger partial charge in [0.2, 0.25) is 5.91 Å². The summed E-state index contributed by atoms with van der Waals surface area (Å²) >= 11 is 0. The first-order valence-corrected chi connectivity index (χ1v) is 8.54. The second kappa shape index (κ2) is 7.49. The number of carbonyl (C=O) groups is 1. The van der Waals surface area contributed by atoms with Crippen LogP contribution in [0.3, 0.4) is 0 Å². The van der Waals surface area contributed by atoms with E-state index in [0.29, 0.717) is 0 Å². The average Bonchev–Trinajstić information content (AvgIpc) is 2.59. The fourth-order valence-electron chi connectivity index (χ4n) is 3.00. The van der Waals surface area contributed by atoms with Crippen molar-refractivity contribution in [2.45, 2.75) is 19.8 Å². The van der Waals surface area contributed by atoms with E-state index in [9.17, 15) is 4.79 Å². The highest BCUT2D eigenvalue weighted by Crippen LogP contribution is 2.27. The minimum Gasteiger partial charge on any atom is -0.354 e. The van der Waals surface area contributed by atoms with Crippen LogP contribution in [0, 0.1) is 12.8 Å². The molecule has 4 nitrogen and oxygen atoms in total. The molecule has 24 heavy (non-hydrogen) atoms. The van der Waals surface area contributed by atoms with E-state index < -0.39 is 0 Å². The Bertz CT molecular complexity index is 688. The summed E-state index contributed by atoms with van der Waals surface area (Å²) in [5.74, 6) is 0.231. The third-order valence-electron chi connectivity index (χ3n) is 4.60. The van der Waals surface area contributed by atoms with Gasteiger partial charge >= 0.3 is 0 Å². The maximum absolute atomic E-state index is 12.6. The Morgan fingerprint density at radius 2 is 1.62 bits per heavy atom. The molecule has 1 amide bonds. The molecular formula is C20H25N3O. The summed E-state index contributed by atoms with van der Waals surface area (Å²) in [6.45, 7) is 4.04. The molecule has 0 spiro atoms. The average molecular weight is 323 g/mol. The number of hydrogen-bond donors (Lipinski definition) is 2. The predicted molar refractivity (Wildman–Crippen MR) is 99.8 cm³/mol. The Labute approximate surface area is 143 Å². The zero-order valence-corrected chi connectivity index (χ0v) is 14.4. The number of carbonyl (C=O) groups excluding carboxylic acids is 1. The minimum atomic E-state index is 0.105. The number of amides is 1. The number of anilines is 3. The summed E-state index contributed by atoms with van der Waals surface area (Å²) in [4.78, 5) is 14.8. The van der Waals surface area contributed by atoms with Gasteiger partial charge in [-0.2, -0.15) is 0 Å². The molecule has 2 aromatic rings. The lowest BCUT2D eigenvalue weighted by atomic mass is 9.96. The molecule has 126 valence electrons. The number of para-hydroxylation sites is 2. The van der Waals surface area contributed by atoms with Crippen LogP contribution < -0.4 is 10.6 Å². The molecule has 4 heteroatoms. The van der Waals surface area contributed by atoms with E-state index in [1.165, 1.54) is 5.56 Å². The smallest absolute Gasteiger partial charge is 0.227 e. The Kier molecular flexibility index (Phi) is 5.16. The monoisotopic (exact) mass is 323 g/mol. The van der Waals surface area contributed by atoms with Crippen molar-refractivity contribution in [2.24, 2.45) is 5.92 Å². The van der Waals surface area contributed by atoms with Gasteiger partial charge in [0.05, 0.1) is 11.4 Å². The second-order valence-electron chi connectivity index (χ2n) is 6.60. The zero-order valence-electron chi connectivity index (χ0n) is 14.4. The third kappa shape index (κ3) is 4.15. The van der Waals surface area contributed by atoms with Crippen LogP contribution in [0.2, 0.25) is 0 Å². The van der Waals surface area contributed by atoms with E-state index in [1.807, 2.05) is 36.4 Å². The number of aryl methyl sites for hydroxylation is 1. The van der Waals surface area contributed by atoms with Gasteiger partial charge in [0.1, 0.15) is 0 Å². The number of likely N-dealkylation sites (tertiary alicyclic amines) is 1. The van der Waals surface area contributed by atoms with Crippen LogP contribution in [-0.4, -0.2) is 30.9 Å². The van der Waals surface area contributed by atoms with Gasteiger partial charge in [-0.25, -0.2) is 0 Å². The van der Waals surface area contributed by atoms with Crippen LogP contribution in [0.5, 0.6) is 0 Å². The molecule has 0 aromatic heterocycles. The molecule has 1 fully saturated rings. The van der Waals surface area contributed by atoms with Crippen molar-refractivity contribution in [1.82, 2.24) is 4.90 Å². The van der Waals surface area contributed by atoms with Crippen molar-refractivity contribution in [3.8, 4) is 0 Å². The number of rotatable bonds is 4. The van der Waals surface area contributed by atoms with Crippen LogP contribution in [0.25, 0.3) is 0 Å². The van der Waals surface area contributed by atoms with Crippen LogP contribution in [0.15, 0.2) is 48.5 Å². The van der Waals surface area contributed by atoms with Gasteiger partial charge in [-0.05, 0) is 64.2 Å². The number of nitrogens with zero attached hydrogens (tertiary/aromatic N) is 1. The van der Waals surface area contributed by atoms with Gasteiger partial charge in [0, 0.05) is 11.6 Å². The molecule has 1 saturated heterocycles. The van der Waals surface area contributed by atoms with Gasteiger partial charge in [0.15, 0.2) is 0 Å². The third-order valence-corrected chi connectivity index (χ3v) is 4.60. The van der Waals surface area contributed by atoms with E-state index in [2.05, 4.69) is 41.6 Å². The lowest BCUT2D eigenvalue weighted by Crippen LogP contribution is -2.36. The standard InChI is InChI=1S/C20H25N3O/c1-15-7-9-17(10-8-15)21-18-5-3-4-6-19(18)22-20(24)16-11-13-23(2)14-12-16/h3-10,16,21H,11-14H2,1-2H3,(H,22,24). The van der Waals surface area contributed by atoms with Gasteiger partial charge in [-0.3, -0.25) is 4.79 Å². The van der Waals surface area contributed by atoms with Crippen molar-refractivity contribution in [3.63, 3.8) is 0 Å². The van der Waals surface area contributed by atoms with Crippen molar-refractivity contribution in [1.29, 1.82) is 0 Å². The zero-order chi connectivity index (χ0) is 16.9. The SMILES string of the molecule is Cc1ccc(Nc2ccccc2NC(=O)C2CCN(C)CC2)cc1. The van der Waals surface area contributed by atoms with Crippen molar-refractivity contribution in [2.75, 3.05) is 30.8 Å². The maximum Gasteiger partial charge on any atom is 0.227 e. The Morgan fingerprint density at radius 1 is 1.00 bits per heavy atom. The molecule has 0 saturated carbocycles. The van der Waals surface area contributed by atoms with Crippen LogP contribution in [-0.2, 0) is 4.79 Å². The summed E-state index contributed by atoms with van der Waals surface area (Å²) in [6, 6.07) is 16.1. The predicted octanol–water partition coefficient (Wildman–Crippen LogP) is 4.02. The molecular weight excluding hydrogens is 298 g/mol. The summed E-state index contributed by atoms with van der Waals surface area (Å²) in [6.07, 6.45) is 1.85. The molecule has 0 radical (unpaired) electrons. The first kappa shape index (κ1) is 16.5. The first-order valence-electron chi connectivity index (χ1n) is 8.54. The lowest BCUT2D eigenvalue weighted by Gasteiger charge is -2.28. The van der Waals surface area contributed by atoms with Crippen LogP contribution in [0.4, 0.5) is 17.1 Å². The van der Waals surface area contributed by atoms with E-state index in [4.69, 9.17) is 0 Å². The van der Waals surface area contributed by atoms with Crippen LogP contribution >= 0.6 is 0 Å². The highest BCUT2D eigenvalue weighted by Gasteiger charge is 2.23. The Morgan fingerprint density at radius 3 is 2.29 bits per heavy atom. The molecule has 0 aliphatic carbocycles. The topological polar surface area (TPSA) is 44.4 Å². The largest absolute Gasteiger partial charge is 0.354 e. The maximum atomic E-state index is 12.6. The summed E-state index contributed by atoms with van der Waals surface area (Å²) in [5.41, 5.74) is 4.00. The Hall–Kier alpha value is -2.33. The van der Waals surface area contributed by atoms with E-state index in [0.717, 1.165) is 43.0 Å². The van der Waals surface area contributed by atoms with Crippen molar-refractivity contribution in [3.05, 3.63) is 54.1 Å². The minimum absolute atomic E-state index is 0.105. The van der Waals surface area contributed by atoms with E-state index >= 15 is 0 Å². The van der Waals surface area contributed by atoms with E-state index in [-0.39, 0.29) is 11.8 Å². The molecule has 1 aliphatic rings. The van der Waals surface area contributed by atoms with Gasteiger partial charge < -0.3 is 15.5 Å². The molecule has 0 unspecified atom stereocenters. The summed E-state index contributed by atoms with van der Waals surface area (Å²) < 4.78 is 0. The van der Waals surface area contributed by atoms with Gasteiger partial charge in [-0.1, -0.05) is 29.8 Å². The molecule has 0 bridgehead atoms. The number of hydrogen-bond acceptors (Lipinski definition) is 3. The quantitative estimate of drug-likeness (QED) is 0.893. The van der Waals surface area contributed by atoms with Gasteiger partial charge in [-0.15, -0.1) is 0 Å². The van der Waals surface area contributed by atoms with E-state index in [1.54, 1.807) is 0 Å². The Balaban J connectivity index is 1.69. The number of nitrogens with one attached hydrogen (secondary N) is 2. The fourth-order valence-corrected chi connectivity index (χ4v) is 3.00. The number of benzene rings is 2. The van der Waals surface area contributed by atoms with Gasteiger partial charge in [0.25, 0.3) is 0 Å². The molecule has 0 atom stereocenters.